The molecule has 1 N–H and O–H groups in total. The van der Waals surface area contributed by atoms with Crippen LogP contribution in [-0.2, 0) is 24.2 Å². The standard InChI is InChI=1S/C20H24N4O3S2/c1-12(2)7-8-21-19-23-14(11-28-19)18(26)27-10-13-9-17(25)24-15-5-3-4-6-16(15)29-20(24)22-13/h9,11-12H,3-8,10H2,1-2H3,(H,21,23). The number of anilines is 1. The molecule has 0 unspecified atom stereocenters. The zero-order valence-corrected chi connectivity index (χ0v) is 18.2. The Morgan fingerprint density at radius 3 is 2.97 bits per heavy atom. The molecule has 0 bridgehead atoms. The number of thiazole rings is 2. The summed E-state index contributed by atoms with van der Waals surface area (Å²) in [6.07, 6.45) is 5.22. The van der Waals surface area contributed by atoms with Gasteiger partial charge in [0.2, 0.25) is 0 Å². The number of carbonyl (C=O) groups excluding carboxylic acids is 1. The van der Waals surface area contributed by atoms with Crippen molar-refractivity contribution in [1.82, 2.24) is 14.4 Å². The van der Waals surface area contributed by atoms with Crippen LogP contribution in [-0.4, -0.2) is 26.9 Å². The Balaban J connectivity index is 1.41. The lowest BCUT2D eigenvalue weighted by Gasteiger charge is -2.10. The fraction of sp³-hybridized carbons (Fsp3) is 0.500. The van der Waals surface area contributed by atoms with Crippen LogP contribution in [0.3, 0.4) is 0 Å². The van der Waals surface area contributed by atoms with Crippen LogP contribution in [0.1, 0.15) is 59.9 Å². The van der Waals surface area contributed by atoms with E-state index < -0.39 is 5.97 Å². The summed E-state index contributed by atoms with van der Waals surface area (Å²) in [5.41, 5.74) is 1.72. The summed E-state index contributed by atoms with van der Waals surface area (Å²) in [5.74, 6) is 0.0975. The quantitative estimate of drug-likeness (QED) is 0.570. The Kier molecular flexibility index (Phi) is 5.96. The number of rotatable bonds is 7. The first-order valence-electron chi connectivity index (χ1n) is 9.91. The Morgan fingerprint density at radius 1 is 1.31 bits per heavy atom. The number of ether oxygens (including phenoxy) is 1. The predicted molar refractivity (Wildman–Crippen MR) is 115 cm³/mol. The van der Waals surface area contributed by atoms with E-state index in [1.165, 1.54) is 22.3 Å². The second kappa shape index (κ2) is 8.62. The van der Waals surface area contributed by atoms with Gasteiger partial charge in [0.15, 0.2) is 15.8 Å². The number of hydrogen-bond acceptors (Lipinski definition) is 8. The van der Waals surface area contributed by atoms with Crippen molar-refractivity contribution in [2.24, 2.45) is 5.92 Å². The minimum atomic E-state index is -0.509. The first-order valence-corrected chi connectivity index (χ1v) is 11.6. The number of nitrogens with one attached hydrogen (secondary N) is 1. The largest absolute Gasteiger partial charge is 0.454 e. The molecule has 4 rings (SSSR count). The fourth-order valence-corrected chi connectivity index (χ4v) is 5.29. The van der Waals surface area contributed by atoms with Crippen molar-refractivity contribution in [3.05, 3.63) is 43.8 Å². The van der Waals surface area contributed by atoms with Crippen molar-refractivity contribution in [2.75, 3.05) is 11.9 Å². The maximum absolute atomic E-state index is 12.6. The lowest BCUT2D eigenvalue weighted by molar-refractivity contribution is 0.0462. The highest BCUT2D eigenvalue weighted by Gasteiger charge is 2.19. The van der Waals surface area contributed by atoms with E-state index in [-0.39, 0.29) is 17.9 Å². The molecule has 0 atom stereocenters. The highest BCUT2D eigenvalue weighted by atomic mass is 32.1. The number of aromatic nitrogens is 3. The molecule has 3 aromatic rings. The van der Waals surface area contributed by atoms with E-state index in [1.54, 1.807) is 21.1 Å². The maximum Gasteiger partial charge on any atom is 0.358 e. The molecular weight excluding hydrogens is 408 g/mol. The van der Waals surface area contributed by atoms with Gasteiger partial charge in [0, 0.05) is 28.6 Å². The van der Waals surface area contributed by atoms with E-state index in [0.29, 0.717) is 21.7 Å². The number of carbonyl (C=O) groups is 1. The lowest BCUT2D eigenvalue weighted by Crippen LogP contribution is -2.18. The number of fused-ring (bicyclic) bond motifs is 3. The lowest BCUT2D eigenvalue weighted by atomic mass is 10.0. The average Bonchev–Trinajstić information content (AvgIpc) is 3.30. The summed E-state index contributed by atoms with van der Waals surface area (Å²) in [6, 6.07) is 1.46. The molecule has 0 fully saturated rings. The molecular formula is C20H24N4O3S2. The van der Waals surface area contributed by atoms with Crippen LogP contribution in [0.2, 0.25) is 0 Å². The van der Waals surface area contributed by atoms with Gasteiger partial charge in [-0.1, -0.05) is 13.8 Å². The van der Waals surface area contributed by atoms with Crippen LogP contribution in [0, 0.1) is 5.92 Å². The Labute approximate surface area is 176 Å². The summed E-state index contributed by atoms with van der Waals surface area (Å²) < 4.78 is 7.06. The van der Waals surface area contributed by atoms with Gasteiger partial charge in [-0.3, -0.25) is 9.20 Å². The summed E-state index contributed by atoms with van der Waals surface area (Å²) in [4.78, 5) is 35.6. The van der Waals surface area contributed by atoms with E-state index in [2.05, 4.69) is 29.1 Å². The number of aryl methyl sites for hydroxylation is 2. The van der Waals surface area contributed by atoms with Crippen LogP contribution in [0.5, 0.6) is 0 Å². The molecule has 0 amide bonds. The van der Waals surface area contributed by atoms with Crippen molar-refractivity contribution in [3.63, 3.8) is 0 Å². The third kappa shape index (κ3) is 4.51. The van der Waals surface area contributed by atoms with Gasteiger partial charge in [-0.15, -0.1) is 22.7 Å². The summed E-state index contributed by atoms with van der Waals surface area (Å²) in [7, 11) is 0. The van der Waals surface area contributed by atoms with E-state index in [1.807, 2.05) is 0 Å². The third-order valence-corrected chi connectivity index (χ3v) is 6.82. The van der Waals surface area contributed by atoms with Gasteiger partial charge in [-0.25, -0.2) is 14.8 Å². The first kappa shape index (κ1) is 20.0. The molecule has 0 spiro atoms. The van der Waals surface area contributed by atoms with E-state index in [4.69, 9.17) is 4.74 Å². The van der Waals surface area contributed by atoms with Gasteiger partial charge in [-0.2, -0.15) is 0 Å². The topological polar surface area (TPSA) is 85.6 Å². The number of nitrogens with zero attached hydrogens (tertiary/aromatic N) is 3. The normalized spacial score (nSPS) is 13.6. The average molecular weight is 433 g/mol. The zero-order chi connectivity index (χ0) is 20.4. The summed E-state index contributed by atoms with van der Waals surface area (Å²) in [6.45, 7) is 5.10. The second-order valence-electron chi connectivity index (χ2n) is 7.61. The van der Waals surface area contributed by atoms with Gasteiger partial charge in [0.05, 0.1) is 5.69 Å². The SMILES string of the molecule is CC(C)CCNc1nc(C(=O)OCc2cc(=O)n3c4c(sc3n2)CCCC4)cs1. The molecule has 1 aliphatic rings. The Hall–Kier alpha value is -2.26. The molecule has 29 heavy (non-hydrogen) atoms. The molecule has 0 aromatic carbocycles. The molecule has 154 valence electrons. The monoisotopic (exact) mass is 432 g/mol. The van der Waals surface area contributed by atoms with Crippen molar-refractivity contribution in [2.45, 2.75) is 52.6 Å². The molecule has 0 radical (unpaired) electrons. The maximum atomic E-state index is 12.6. The Morgan fingerprint density at radius 2 is 2.14 bits per heavy atom. The molecule has 3 aromatic heterocycles. The minimum absolute atomic E-state index is 0.0409. The van der Waals surface area contributed by atoms with E-state index in [0.717, 1.165) is 44.3 Å². The molecule has 9 heteroatoms. The van der Waals surface area contributed by atoms with Crippen LogP contribution in [0.25, 0.3) is 4.96 Å². The van der Waals surface area contributed by atoms with Crippen molar-refractivity contribution in [1.29, 1.82) is 0 Å². The summed E-state index contributed by atoms with van der Waals surface area (Å²) >= 11 is 2.94. The summed E-state index contributed by atoms with van der Waals surface area (Å²) in [5, 5.41) is 5.61. The minimum Gasteiger partial charge on any atom is -0.454 e. The molecule has 1 aliphatic carbocycles. The van der Waals surface area contributed by atoms with Gasteiger partial charge in [0.1, 0.15) is 6.61 Å². The van der Waals surface area contributed by atoms with E-state index >= 15 is 0 Å². The fourth-order valence-electron chi connectivity index (χ4n) is 3.35. The molecule has 0 saturated carbocycles. The highest BCUT2D eigenvalue weighted by Crippen LogP contribution is 2.28. The predicted octanol–water partition coefficient (Wildman–Crippen LogP) is 3.91. The van der Waals surface area contributed by atoms with Crippen molar-refractivity contribution >= 4 is 38.7 Å². The second-order valence-corrected chi connectivity index (χ2v) is 9.53. The molecule has 0 saturated heterocycles. The van der Waals surface area contributed by atoms with E-state index in [9.17, 15) is 9.59 Å². The first-order chi connectivity index (χ1) is 14.0. The third-order valence-electron chi connectivity index (χ3n) is 4.88. The molecule has 0 aliphatic heterocycles. The van der Waals surface area contributed by atoms with Crippen molar-refractivity contribution < 1.29 is 9.53 Å². The van der Waals surface area contributed by atoms with Gasteiger partial charge >= 0.3 is 5.97 Å². The number of esters is 1. The molecule has 3 heterocycles. The van der Waals surface area contributed by atoms with Crippen molar-refractivity contribution in [3.8, 4) is 0 Å². The highest BCUT2D eigenvalue weighted by molar-refractivity contribution is 7.17. The zero-order valence-electron chi connectivity index (χ0n) is 16.6. The smallest absolute Gasteiger partial charge is 0.358 e. The van der Waals surface area contributed by atoms with Gasteiger partial charge in [-0.05, 0) is 38.0 Å². The van der Waals surface area contributed by atoms with Gasteiger partial charge in [0.25, 0.3) is 5.56 Å². The van der Waals surface area contributed by atoms with Crippen LogP contribution in [0.4, 0.5) is 5.13 Å². The van der Waals surface area contributed by atoms with Gasteiger partial charge < -0.3 is 10.1 Å². The Bertz CT molecular complexity index is 1080. The van der Waals surface area contributed by atoms with Crippen LogP contribution < -0.4 is 10.9 Å². The number of hydrogen-bond donors (Lipinski definition) is 1. The van der Waals surface area contributed by atoms with Crippen LogP contribution in [0.15, 0.2) is 16.2 Å². The molecule has 7 nitrogen and oxygen atoms in total. The van der Waals surface area contributed by atoms with Crippen LogP contribution >= 0.6 is 22.7 Å².